The summed E-state index contributed by atoms with van der Waals surface area (Å²) in [6.07, 6.45) is 5.75. The third kappa shape index (κ3) is 2.38. The van der Waals surface area contributed by atoms with E-state index < -0.39 is 0 Å². The molecule has 0 saturated carbocycles. The lowest BCUT2D eigenvalue weighted by molar-refractivity contribution is 0.645. The zero-order valence-electron chi connectivity index (χ0n) is 19.3. The Balaban J connectivity index is 0.000000953. The molecule has 0 radical (unpaired) electrons. The Bertz CT molecular complexity index is 1580. The lowest BCUT2D eigenvalue weighted by Gasteiger charge is -2.38. The number of fused-ring (bicyclic) bond motifs is 5. The second-order valence-corrected chi connectivity index (χ2v) is 9.34. The maximum absolute atomic E-state index is 2.47. The quantitative estimate of drug-likeness (QED) is 0.223. The van der Waals surface area contributed by atoms with Crippen molar-refractivity contribution >= 4 is 38.4 Å². The average molecular weight is 413 g/mol. The first-order valence-electron chi connectivity index (χ1n) is 11.9. The van der Waals surface area contributed by atoms with E-state index in [2.05, 4.69) is 98.8 Å². The van der Waals surface area contributed by atoms with E-state index in [9.17, 15) is 0 Å². The van der Waals surface area contributed by atoms with Gasteiger partial charge in [0.25, 0.3) is 0 Å². The van der Waals surface area contributed by atoms with Crippen molar-refractivity contribution in [2.45, 2.75) is 39.5 Å². The summed E-state index contributed by atoms with van der Waals surface area (Å²) in [6.45, 7) is 8.82. The standard InChI is InChI=1S/C30H22.C2H6/c1-30(2)25-15-7-12-20-16-19-8-3-4-13-22(19)28(27(20)25)24-17-21-11-5-9-18-10-6-14-23(26(18)21)29(24)30;1-2/h3-9,11-17H,10H2,1-2H3;1-2H3. The zero-order valence-corrected chi connectivity index (χ0v) is 19.3. The highest BCUT2D eigenvalue weighted by molar-refractivity contribution is 6.18. The molecule has 0 bridgehead atoms. The molecule has 0 unspecified atom stereocenters. The molecule has 0 heteroatoms. The van der Waals surface area contributed by atoms with Gasteiger partial charge in [0.1, 0.15) is 0 Å². The van der Waals surface area contributed by atoms with Gasteiger partial charge in [0.2, 0.25) is 0 Å². The molecule has 5 aromatic carbocycles. The molecule has 0 aliphatic heterocycles. The summed E-state index contributed by atoms with van der Waals surface area (Å²) >= 11 is 0. The van der Waals surface area contributed by atoms with Crippen molar-refractivity contribution in [1.29, 1.82) is 0 Å². The minimum Gasteiger partial charge on any atom is -0.0795 e. The predicted octanol–water partition coefficient (Wildman–Crippen LogP) is 9.05. The molecule has 0 nitrogen and oxygen atoms in total. The van der Waals surface area contributed by atoms with Crippen molar-refractivity contribution in [2.24, 2.45) is 0 Å². The fraction of sp³-hybridized carbons (Fsp3) is 0.188. The van der Waals surface area contributed by atoms with Crippen molar-refractivity contribution in [3.05, 3.63) is 101 Å². The van der Waals surface area contributed by atoms with Crippen LogP contribution in [0.2, 0.25) is 0 Å². The van der Waals surface area contributed by atoms with Crippen molar-refractivity contribution in [1.82, 2.24) is 0 Å². The van der Waals surface area contributed by atoms with Gasteiger partial charge < -0.3 is 0 Å². The molecule has 0 spiro atoms. The normalized spacial score (nSPS) is 14.9. The van der Waals surface area contributed by atoms with Crippen molar-refractivity contribution in [3.8, 4) is 11.1 Å². The fourth-order valence-electron chi connectivity index (χ4n) is 6.13. The minimum atomic E-state index is -0.0530. The van der Waals surface area contributed by atoms with Gasteiger partial charge in [-0.2, -0.15) is 0 Å². The zero-order chi connectivity index (χ0) is 22.0. The highest BCUT2D eigenvalue weighted by atomic mass is 14.4. The minimum absolute atomic E-state index is 0.0530. The van der Waals surface area contributed by atoms with E-state index in [0.29, 0.717) is 0 Å². The molecule has 0 N–H and O–H groups in total. The summed E-state index contributed by atoms with van der Waals surface area (Å²) in [5.74, 6) is 0. The first kappa shape index (κ1) is 19.3. The van der Waals surface area contributed by atoms with Crippen LogP contribution in [-0.4, -0.2) is 0 Å². The van der Waals surface area contributed by atoms with Crippen LogP contribution < -0.4 is 0 Å². The Kier molecular flexibility index (Phi) is 4.11. The van der Waals surface area contributed by atoms with Crippen molar-refractivity contribution in [3.63, 3.8) is 0 Å². The summed E-state index contributed by atoms with van der Waals surface area (Å²) in [5, 5.41) is 8.26. The van der Waals surface area contributed by atoms with Crippen molar-refractivity contribution in [2.75, 3.05) is 0 Å². The van der Waals surface area contributed by atoms with Gasteiger partial charge in [0.05, 0.1) is 0 Å². The first-order chi connectivity index (χ1) is 15.6. The lowest BCUT2D eigenvalue weighted by atomic mass is 9.65. The highest BCUT2D eigenvalue weighted by Crippen LogP contribution is 2.54. The molecule has 156 valence electrons. The van der Waals surface area contributed by atoms with Gasteiger partial charge in [-0.05, 0) is 84.3 Å². The van der Waals surface area contributed by atoms with Gasteiger partial charge >= 0.3 is 0 Å². The molecule has 2 aliphatic rings. The number of hydrogen-bond donors (Lipinski definition) is 0. The Morgan fingerprint density at radius 1 is 0.719 bits per heavy atom. The average Bonchev–Trinajstić information content (AvgIpc) is 2.83. The van der Waals surface area contributed by atoms with E-state index in [0.717, 1.165) is 6.42 Å². The van der Waals surface area contributed by atoms with Crippen LogP contribution in [0.3, 0.4) is 0 Å². The Hall–Kier alpha value is -3.38. The number of allylic oxidation sites excluding steroid dienone is 1. The second kappa shape index (κ2) is 6.81. The van der Waals surface area contributed by atoms with E-state index in [4.69, 9.17) is 0 Å². The Labute approximate surface area is 190 Å². The molecule has 0 atom stereocenters. The SMILES string of the molecule is CC.CC1(C)c2c(cc3cccc4c3c2C=CC4)-c2c3ccccc3cc3cccc1c23. The maximum Gasteiger partial charge on any atom is 0.0165 e. The van der Waals surface area contributed by atoms with E-state index >= 15 is 0 Å². The maximum atomic E-state index is 2.47. The van der Waals surface area contributed by atoms with Crippen LogP contribution in [-0.2, 0) is 11.8 Å². The summed E-state index contributed by atoms with van der Waals surface area (Å²) in [5.41, 5.74) is 8.57. The smallest absolute Gasteiger partial charge is 0.0165 e. The Morgan fingerprint density at radius 2 is 1.44 bits per heavy atom. The van der Waals surface area contributed by atoms with Crippen LogP contribution in [0.25, 0.3) is 49.5 Å². The van der Waals surface area contributed by atoms with Crippen LogP contribution in [0, 0.1) is 0 Å². The molecule has 0 heterocycles. The second-order valence-electron chi connectivity index (χ2n) is 9.34. The summed E-state index contributed by atoms with van der Waals surface area (Å²) in [6, 6.07) is 27.4. The molecule has 0 amide bonds. The van der Waals surface area contributed by atoms with Crippen LogP contribution in [0.15, 0.2) is 78.9 Å². The van der Waals surface area contributed by atoms with Crippen LogP contribution in [0.1, 0.15) is 49.9 Å². The molecular formula is C32H28. The summed E-state index contributed by atoms with van der Waals surface area (Å²) in [4.78, 5) is 0. The molecular weight excluding hydrogens is 384 g/mol. The van der Waals surface area contributed by atoms with E-state index in [1.165, 1.54) is 65.7 Å². The van der Waals surface area contributed by atoms with Gasteiger partial charge in [0.15, 0.2) is 0 Å². The molecule has 0 saturated heterocycles. The van der Waals surface area contributed by atoms with Crippen LogP contribution >= 0.6 is 0 Å². The Morgan fingerprint density at radius 3 is 2.28 bits per heavy atom. The van der Waals surface area contributed by atoms with Crippen LogP contribution in [0.4, 0.5) is 0 Å². The van der Waals surface area contributed by atoms with E-state index in [1.807, 2.05) is 13.8 Å². The topological polar surface area (TPSA) is 0 Å². The molecule has 5 aromatic rings. The fourth-order valence-corrected chi connectivity index (χ4v) is 6.13. The molecule has 0 fully saturated rings. The first-order valence-corrected chi connectivity index (χ1v) is 11.9. The van der Waals surface area contributed by atoms with E-state index in [1.54, 1.807) is 0 Å². The van der Waals surface area contributed by atoms with Crippen LogP contribution in [0.5, 0.6) is 0 Å². The third-order valence-electron chi connectivity index (χ3n) is 7.37. The number of rotatable bonds is 0. The molecule has 2 aliphatic carbocycles. The number of benzene rings is 5. The molecule has 7 rings (SSSR count). The highest BCUT2D eigenvalue weighted by Gasteiger charge is 2.37. The number of hydrogen-bond acceptors (Lipinski definition) is 0. The van der Waals surface area contributed by atoms with Gasteiger partial charge in [-0.1, -0.05) is 101 Å². The third-order valence-corrected chi connectivity index (χ3v) is 7.37. The lowest BCUT2D eigenvalue weighted by Crippen LogP contribution is -2.25. The molecule has 32 heavy (non-hydrogen) atoms. The van der Waals surface area contributed by atoms with Gasteiger partial charge in [-0.25, -0.2) is 0 Å². The van der Waals surface area contributed by atoms with Gasteiger partial charge in [-0.3, -0.25) is 0 Å². The summed E-state index contributed by atoms with van der Waals surface area (Å²) in [7, 11) is 0. The monoisotopic (exact) mass is 412 g/mol. The van der Waals surface area contributed by atoms with Crippen molar-refractivity contribution < 1.29 is 0 Å². The van der Waals surface area contributed by atoms with Gasteiger partial charge in [-0.15, -0.1) is 0 Å². The largest absolute Gasteiger partial charge is 0.0795 e. The van der Waals surface area contributed by atoms with E-state index in [-0.39, 0.29) is 5.41 Å². The molecule has 0 aromatic heterocycles. The van der Waals surface area contributed by atoms with Gasteiger partial charge in [0, 0.05) is 5.41 Å². The summed E-state index contributed by atoms with van der Waals surface area (Å²) < 4.78 is 0. The predicted molar refractivity (Wildman–Crippen MR) is 141 cm³/mol.